The molecule has 0 spiro atoms. The van der Waals surface area contributed by atoms with Crippen LogP contribution in [0.1, 0.15) is 23.6 Å². The van der Waals surface area contributed by atoms with E-state index in [0.717, 1.165) is 11.1 Å². The van der Waals surface area contributed by atoms with Crippen molar-refractivity contribution in [3.05, 3.63) is 105 Å². The van der Waals surface area contributed by atoms with Crippen LogP contribution in [0.5, 0.6) is 0 Å². The minimum Gasteiger partial charge on any atom is -0.355 e. The van der Waals surface area contributed by atoms with Crippen molar-refractivity contribution in [2.45, 2.75) is 32.4 Å². The molecule has 33 heavy (non-hydrogen) atoms. The Hall–Kier alpha value is -2.53. The predicted molar refractivity (Wildman–Crippen MR) is 135 cm³/mol. The summed E-state index contributed by atoms with van der Waals surface area (Å²) in [5.41, 5.74) is 2.44. The average molecular weight is 504 g/mol. The first-order chi connectivity index (χ1) is 15.9. The highest BCUT2D eigenvalue weighted by molar-refractivity contribution is 6.35. The smallest absolute Gasteiger partial charge is 0.243 e. The van der Waals surface area contributed by atoms with Crippen LogP contribution < -0.4 is 5.32 Å². The summed E-state index contributed by atoms with van der Waals surface area (Å²) < 4.78 is 0. The second-order valence-electron chi connectivity index (χ2n) is 7.66. The van der Waals surface area contributed by atoms with E-state index in [1.807, 2.05) is 49.4 Å². The topological polar surface area (TPSA) is 49.4 Å². The Kier molecular flexibility index (Phi) is 9.19. The van der Waals surface area contributed by atoms with Crippen LogP contribution in [-0.2, 0) is 29.0 Å². The minimum atomic E-state index is -0.704. The minimum absolute atomic E-state index is 0.0429. The van der Waals surface area contributed by atoms with Crippen molar-refractivity contribution < 1.29 is 9.59 Å². The van der Waals surface area contributed by atoms with E-state index in [0.29, 0.717) is 33.6 Å². The van der Waals surface area contributed by atoms with Crippen LogP contribution in [0.2, 0.25) is 15.1 Å². The van der Waals surface area contributed by atoms with Crippen LogP contribution in [0.3, 0.4) is 0 Å². The van der Waals surface area contributed by atoms with Gasteiger partial charge in [0.1, 0.15) is 6.04 Å². The van der Waals surface area contributed by atoms with Crippen LogP contribution >= 0.6 is 34.8 Å². The highest BCUT2D eigenvalue weighted by Crippen LogP contribution is 2.24. The highest BCUT2D eigenvalue weighted by Gasteiger charge is 2.30. The fourth-order valence-electron chi connectivity index (χ4n) is 3.61. The normalized spacial score (nSPS) is 11.6. The van der Waals surface area contributed by atoms with E-state index < -0.39 is 6.04 Å². The quantitative estimate of drug-likeness (QED) is 0.391. The molecule has 0 bridgehead atoms. The Balaban J connectivity index is 1.97. The van der Waals surface area contributed by atoms with Crippen LogP contribution in [0.4, 0.5) is 0 Å². The first-order valence-electron chi connectivity index (χ1n) is 10.7. The third-order valence-corrected chi connectivity index (χ3v) is 6.04. The van der Waals surface area contributed by atoms with Gasteiger partial charge in [0, 0.05) is 34.6 Å². The maximum absolute atomic E-state index is 13.6. The predicted octanol–water partition coefficient (Wildman–Crippen LogP) is 5.97. The third kappa shape index (κ3) is 7.23. The van der Waals surface area contributed by atoms with Gasteiger partial charge >= 0.3 is 0 Å². The lowest BCUT2D eigenvalue weighted by molar-refractivity contribution is -0.140. The maximum atomic E-state index is 13.6. The molecule has 0 aliphatic rings. The Morgan fingerprint density at radius 1 is 0.879 bits per heavy atom. The van der Waals surface area contributed by atoms with E-state index >= 15 is 0 Å². The van der Waals surface area contributed by atoms with Crippen LogP contribution in [0.25, 0.3) is 0 Å². The van der Waals surface area contributed by atoms with Gasteiger partial charge in [-0.25, -0.2) is 0 Å². The number of benzene rings is 3. The van der Waals surface area contributed by atoms with Crippen molar-refractivity contribution >= 4 is 46.6 Å². The highest BCUT2D eigenvalue weighted by atomic mass is 35.5. The van der Waals surface area contributed by atoms with Crippen molar-refractivity contribution in [2.24, 2.45) is 0 Å². The zero-order valence-electron chi connectivity index (χ0n) is 18.2. The molecule has 0 fully saturated rings. The molecule has 0 aliphatic carbocycles. The summed E-state index contributed by atoms with van der Waals surface area (Å²) in [4.78, 5) is 28.3. The molecule has 7 heteroatoms. The molecule has 3 rings (SSSR count). The zero-order chi connectivity index (χ0) is 23.8. The lowest BCUT2D eigenvalue weighted by Gasteiger charge is -2.31. The molecule has 3 aromatic rings. The molecule has 0 unspecified atom stereocenters. The number of likely N-dealkylation sites (N-methyl/N-ethyl adjacent to an activating group) is 1. The van der Waals surface area contributed by atoms with E-state index in [1.54, 1.807) is 35.2 Å². The number of halogens is 3. The van der Waals surface area contributed by atoms with Crippen molar-refractivity contribution in [2.75, 3.05) is 6.54 Å². The first-order valence-corrected chi connectivity index (χ1v) is 11.8. The summed E-state index contributed by atoms with van der Waals surface area (Å²) >= 11 is 18.5. The Morgan fingerprint density at radius 2 is 1.58 bits per heavy atom. The molecule has 1 atom stereocenters. The van der Waals surface area contributed by atoms with E-state index in [2.05, 4.69) is 5.32 Å². The number of nitrogens with one attached hydrogen (secondary N) is 1. The molecule has 0 aromatic heterocycles. The van der Waals surface area contributed by atoms with Gasteiger partial charge in [0.25, 0.3) is 0 Å². The summed E-state index contributed by atoms with van der Waals surface area (Å²) in [6.07, 6.45) is 0.425. The number of carbonyl (C=O) groups is 2. The van der Waals surface area contributed by atoms with Gasteiger partial charge in [-0.15, -0.1) is 0 Å². The van der Waals surface area contributed by atoms with Crippen molar-refractivity contribution in [1.29, 1.82) is 0 Å². The summed E-state index contributed by atoms with van der Waals surface area (Å²) in [5, 5.41) is 4.36. The standard InChI is InChI=1S/C26H25Cl3N2O2/c1-2-30-26(33)24(14-18-7-4-3-5-8-18)31(17-19-9-6-10-21(27)13-19)25(32)15-20-11-12-22(28)16-23(20)29/h3-13,16,24H,2,14-15,17H2,1H3,(H,30,33)/t24-/m0/s1. The lowest BCUT2D eigenvalue weighted by atomic mass is 10.0. The molecular formula is C26H25Cl3N2O2. The third-order valence-electron chi connectivity index (χ3n) is 5.22. The monoisotopic (exact) mass is 502 g/mol. The van der Waals surface area contributed by atoms with Crippen molar-refractivity contribution in [3.8, 4) is 0 Å². The van der Waals surface area contributed by atoms with E-state index in [-0.39, 0.29) is 24.8 Å². The second kappa shape index (κ2) is 12.1. The number of rotatable bonds is 9. The van der Waals surface area contributed by atoms with Gasteiger partial charge in [0.15, 0.2) is 0 Å². The van der Waals surface area contributed by atoms with Crippen molar-refractivity contribution in [3.63, 3.8) is 0 Å². The van der Waals surface area contributed by atoms with Gasteiger partial charge in [0.05, 0.1) is 6.42 Å². The number of amides is 2. The Labute approximate surface area is 209 Å². The Morgan fingerprint density at radius 3 is 2.24 bits per heavy atom. The first kappa shape index (κ1) is 25.1. The number of nitrogens with zero attached hydrogens (tertiary/aromatic N) is 1. The van der Waals surface area contributed by atoms with Crippen LogP contribution in [-0.4, -0.2) is 29.3 Å². The summed E-state index contributed by atoms with van der Waals surface area (Å²) in [7, 11) is 0. The molecule has 0 saturated carbocycles. The van der Waals surface area contributed by atoms with Gasteiger partial charge in [-0.2, -0.15) is 0 Å². The van der Waals surface area contributed by atoms with E-state index in [1.165, 1.54) is 0 Å². The molecule has 4 nitrogen and oxygen atoms in total. The number of carbonyl (C=O) groups excluding carboxylic acids is 2. The fourth-order valence-corrected chi connectivity index (χ4v) is 4.30. The zero-order valence-corrected chi connectivity index (χ0v) is 20.5. The van der Waals surface area contributed by atoms with E-state index in [4.69, 9.17) is 34.8 Å². The average Bonchev–Trinajstić information content (AvgIpc) is 2.79. The van der Waals surface area contributed by atoms with Crippen LogP contribution in [0.15, 0.2) is 72.8 Å². The molecule has 1 N–H and O–H groups in total. The molecule has 3 aromatic carbocycles. The van der Waals surface area contributed by atoms with Gasteiger partial charge < -0.3 is 10.2 Å². The van der Waals surface area contributed by atoms with Crippen LogP contribution in [0, 0.1) is 0 Å². The molecule has 0 aliphatic heterocycles. The van der Waals surface area contributed by atoms with Gasteiger partial charge in [-0.3, -0.25) is 9.59 Å². The van der Waals surface area contributed by atoms with Gasteiger partial charge in [-0.05, 0) is 47.9 Å². The number of hydrogen-bond acceptors (Lipinski definition) is 2. The van der Waals surface area contributed by atoms with Gasteiger partial charge in [0.2, 0.25) is 11.8 Å². The summed E-state index contributed by atoms with van der Waals surface area (Å²) in [6, 6.07) is 21.3. The fraction of sp³-hybridized carbons (Fsp3) is 0.231. The number of hydrogen-bond donors (Lipinski definition) is 1. The Bertz CT molecular complexity index is 1110. The SMILES string of the molecule is CCNC(=O)[C@H](Cc1ccccc1)N(Cc1cccc(Cl)c1)C(=O)Cc1ccc(Cl)cc1Cl. The second-order valence-corrected chi connectivity index (χ2v) is 8.94. The van der Waals surface area contributed by atoms with Crippen molar-refractivity contribution in [1.82, 2.24) is 10.2 Å². The molecule has 172 valence electrons. The molecular weight excluding hydrogens is 479 g/mol. The lowest BCUT2D eigenvalue weighted by Crippen LogP contribution is -2.51. The molecule has 0 saturated heterocycles. The maximum Gasteiger partial charge on any atom is 0.243 e. The van der Waals surface area contributed by atoms with Gasteiger partial charge in [-0.1, -0.05) is 83.3 Å². The summed E-state index contributed by atoms with van der Waals surface area (Å²) in [6.45, 7) is 2.56. The largest absolute Gasteiger partial charge is 0.355 e. The molecule has 0 heterocycles. The van der Waals surface area contributed by atoms with E-state index in [9.17, 15) is 9.59 Å². The summed E-state index contributed by atoms with van der Waals surface area (Å²) in [5.74, 6) is -0.426. The molecule has 2 amide bonds. The molecule has 0 radical (unpaired) electrons.